The summed E-state index contributed by atoms with van der Waals surface area (Å²) in [6.07, 6.45) is 2.82. The molecule has 2 atom stereocenters. The zero-order chi connectivity index (χ0) is 27.0. The lowest BCUT2D eigenvalue weighted by molar-refractivity contribution is 0.180. The largest absolute Gasteiger partial charge is 0.598 e. The summed E-state index contributed by atoms with van der Waals surface area (Å²) in [4.78, 5) is 15.7. The highest BCUT2D eigenvalue weighted by Gasteiger charge is 2.31. The first-order valence-electron chi connectivity index (χ1n) is 12.7. The Balaban J connectivity index is 1.48. The minimum Gasteiger partial charge on any atom is -0.598 e. The van der Waals surface area contributed by atoms with Gasteiger partial charge in [0, 0.05) is 36.9 Å². The number of aromatic hydroxyl groups is 1. The summed E-state index contributed by atoms with van der Waals surface area (Å²) in [5, 5.41) is 14.4. The average molecular weight is 545 g/mol. The maximum Gasteiger partial charge on any atom is 0.316 e. The Labute approximate surface area is 222 Å². The summed E-state index contributed by atoms with van der Waals surface area (Å²) in [6, 6.07) is 8.18. The van der Waals surface area contributed by atoms with Crippen LogP contribution in [-0.4, -0.2) is 61.3 Å². The van der Waals surface area contributed by atoms with E-state index in [1.807, 2.05) is 29.1 Å². The zero-order valence-corrected chi connectivity index (χ0v) is 22.1. The molecule has 1 fully saturated rings. The van der Waals surface area contributed by atoms with Crippen molar-refractivity contribution in [1.82, 2.24) is 14.1 Å². The fourth-order valence-electron chi connectivity index (χ4n) is 5.04. The van der Waals surface area contributed by atoms with Crippen LogP contribution in [0.4, 0.5) is 14.5 Å². The lowest BCUT2D eigenvalue weighted by atomic mass is 9.89. The van der Waals surface area contributed by atoms with Crippen molar-refractivity contribution in [2.24, 2.45) is 0 Å². The topological polar surface area (TPSA) is 93.9 Å². The van der Waals surface area contributed by atoms with Gasteiger partial charge in [0.25, 0.3) is 0 Å². The van der Waals surface area contributed by atoms with Crippen LogP contribution in [0.25, 0.3) is 5.69 Å². The van der Waals surface area contributed by atoms with Crippen LogP contribution >= 0.6 is 0 Å². The van der Waals surface area contributed by atoms with Gasteiger partial charge in [0.2, 0.25) is 5.75 Å². The molecule has 202 valence electrons. The van der Waals surface area contributed by atoms with Gasteiger partial charge in [-0.1, -0.05) is 12.1 Å². The monoisotopic (exact) mass is 544 g/mol. The van der Waals surface area contributed by atoms with Crippen LogP contribution < -0.4 is 15.2 Å². The molecule has 1 saturated heterocycles. The number of fused-ring (bicyclic) bond motifs is 1. The number of phenolic OH excluding ortho intramolecular Hbond substituents is 1. The van der Waals surface area contributed by atoms with Crippen LogP contribution in [0.3, 0.4) is 0 Å². The zero-order valence-electron chi connectivity index (χ0n) is 21.3. The van der Waals surface area contributed by atoms with Crippen molar-refractivity contribution < 1.29 is 23.2 Å². The van der Waals surface area contributed by atoms with E-state index in [-0.39, 0.29) is 28.5 Å². The molecular formula is C27H30F2N4O4S. The van der Waals surface area contributed by atoms with Crippen molar-refractivity contribution in [1.29, 1.82) is 0 Å². The van der Waals surface area contributed by atoms with Crippen LogP contribution in [0, 0.1) is 11.6 Å². The predicted octanol–water partition coefficient (Wildman–Crippen LogP) is 3.35. The molecule has 0 saturated carbocycles. The van der Waals surface area contributed by atoms with Gasteiger partial charge >= 0.3 is 5.56 Å². The number of nitrogens with zero attached hydrogens (tertiary/aromatic N) is 4. The molecular weight excluding hydrogens is 514 g/mol. The molecule has 0 spiro atoms. The van der Waals surface area contributed by atoms with Crippen molar-refractivity contribution >= 4 is 17.0 Å². The van der Waals surface area contributed by atoms with E-state index in [9.17, 15) is 23.2 Å². The number of hydrogen-bond donors (Lipinski definition) is 1. The minimum atomic E-state index is -1.10. The van der Waals surface area contributed by atoms with Crippen LogP contribution in [0.15, 0.2) is 47.4 Å². The van der Waals surface area contributed by atoms with E-state index in [4.69, 9.17) is 4.74 Å². The van der Waals surface area contributed by atoms with Gasteiger partial charge in [-0.2, -0.15) is 9.78 Å². The highest BCUT2D eigenvalue weighted by atomic mass is 32.2. The lowest BCUT2D eigenvalue weighted by Gasteiger charge is -2.37. The summed E-state index contributed by atoms with van der Waals surface area (Å²) >= 11 is -1.10. The molecule has 0 amide bonds. The molecule has 38 heavy (non-hydrogen) atoms. The first-order valence-corrected chi connectivity index (χ1v) is 13.8. The summed E-state index contributed by atoms with van der Waals surface area (Å²) in [7, 11) is 0. The third-order valence-electron chi connectivity index (χ3n) is 6.94. The summed E-state index contributed by atoms with van der Waals surface area (Å²) in [5.74, 6) is -1.34. The Morgan fingerprint density at radius 3 is 2.53 bits per heavy atom. The van der Waals surface area contributed by atoms with Crippen LogP contribution in [0.1, 0.15) is 31.4 Å². The van der Waals surface area contributed by atoms with Gasteiger partial charge in [-0.25, -0.2) is 8.78 Å². The van der Waals surface area contributed by atoms with Gasteiger partial charge in [0.1, 0.15) is 34.4 Å². The number of rotatable bonds is 6. The number of hydrogen-bond acceptors (Lipinski definition) is 7. The molecule has 1 aliphatic carbocycles. The van der Waals surface area contributed by atoms with Gasteiger partial charge in [0.15, 0.2) is 0 Å². The molecule has 8 nitrogen and oxygen atoms in total. The number of anilines is 1. The SMILES string of the molecule is CC(C)[S+]([O-])N1CCN(c2cnn(-c3cc(F)cc(F)c3)c(=O)c2OC2CCc3c(O)cccc3C2)CC1. The first-order chi connectivity index (χ1) is 18.2. The second kappa shape index (κ2) is 10.9. The van der Waals surface area contributed by atoms with Gasteiger partial charge in [-0.15, -0.1) is 4.31 Å². The molecule has 11 heteroatoms. The molecule has 2 heterocycles. The number of phenols is 1. The Morgan fingerprint density at radius 1 is 1.13 bits per heavy atom. The van der Waals surface area contributed by atoms with Crippen LogP contribution in [0.5, 0.6) is 11.5 Å². The second-order valence-corrected chi connectivity index (χ2v) is 11.9. The molecule has 5 rings (SSSR count). The van der Waals surface area contributed by atoms with E-state index < -0.39 is 28.6 Å². The standard InChI is InChI=1S/C27H30F2N4O4S/c1-17(2)38(36)32-10-8-31(9-11-32)24-16-30-33(21-14-19(28)13-20(29)15-21)27(35)26(24)37-22-6-7-23-18(12-22)4-3-5-25(23)34/h3-5,13-17,22,34H,6-12H2,1-2H3. The quantitative estimate of drug-likeness (QED) is 0.476. The van der Waals surface area contributed by atoms with Crippen LogP contribution in [-0.2, 0) is 24.2 Å². The summed E-state index contributed by atoms with van der Waals surface area (Å²) in [5.41, 5.74) is 1.65. The molecule has 0 bridgehead atoms. The van der Waals surface area contributed by atoms with Crippen molar-refractivity contribution in [3.63, 3.8) is 0 Å². The number of ether oxygens (including phenoxy) is 1. The second-order valence-electron chi connectivity index (χ2n) is 9.84. The average Bonchev–Trinajstić information content (AvgIpc) is 2.89. The van der Waals surface area contributed by atoms with E-state index in [0.29, 0.717) is 51.1 Å². The van der Waals surface area contributed by atoms with E-state index in [0.717, 1.165) is 34.0 Å². The molecule has 1 N–H and O–H groups in total. The molecule has 0 radical (unpaired) electrons. The number of benzene rings is 2. The van der Waals surface area contributed by atoms with Crippen molar-refractivity contribution in [3.05, 3.63) is 75.7 Å². The third kappa shape index (κ3) is 5.36. The van der Waals surface area contributed by atoms with Crippen molar-refractivity contribution in [2.45, 2.75) is 44.5 Å². The molecule has 1 aliphatic heterocycles. The Kier molecular flexibility index (Phi) is 7.60. The third-order valence-corrected chi connectivity index (χ3v) is 8.62. The number of halogens is 2. The summed E-state index contributed by atoms with van der Waals surface area (Å²) < 4.78 is 49.7. The Hall–Kier alpha value is -3.15. The minimum absolute atomic E-state index is 0.00585. The normalized spacial score (nSPS) is 18.9. The van der Waals surface area contributed by atoms with Gasteiger partial charge in [-0.3, -0.25) is 4.79 Å². The van der Waals surface area contributed by atoms with E-state index in [1.165, 1.54) is 6.20 Å². The Bertz CT molecular complexity index is 1360. The number of aromatic nitrogens is 2. The van der Waals surface area contributed by atoms with Gasteiger partial charge in [-0.05, 0) is 56.0 Å². The molecule has 3 aromatic rings. The van der Waals surface area contributed by atoms with Crippen LogP contribution in [0.2, 0.25) is 0 Å². The molecule has 2 aromatic carbocycles. The predicted molar refractivity (Wildman–Crippen MR) is 141 cm³/mol. The van der Waals surface area contributed by atoms with E-state index >= 15 is 0 Å². The molecule has 1 aromatic heterocycles. The summed E-state index contributed by atoms with van der Waals surface area (Å²) in [6.45, 7) is 5.92. The Morgan fingerprint density at radius 2 is 1.84 bits per heavy atom. The molecule has 2 aliphatic rings. The maximum atomic E-state index is 13.9. The van der Waals surface area contributed by atoms with Crippen molar-refractivity contribution in [3.8, 4) is 17.2 Å². The lowest BCUT2D eigenvalue weighted by Crippen LogP contribution is -2.50. The van der Waals surface area contributed by atoms with E-state index in [1.54, 1.807) is 12.1 Å². The fourth-order valence-corrected chi connectivity index (χ4v) is 6.16. The highest BCUT2D eigenvalue weighted by molar-refractivity contribution is 7.89. The molecule has 2 unspecified atom stereocenters. The van der Waals surface area contributed by atoms with Gasteiger partial charge in [0.05, 0.1) is 25.0 Å². The smallest absolute Gasteiger partial charge is 0.316 e. The highest BCUT2D eigenvalue weighted by Crippen LogP contribution is 2.33. The number of piperazine rings is 1. The van der Waals surface area contributed by atoms with Gasteiger partial charge < -0.3 is 19.3 Å². The first kappa shape index (κ1) is 26.5. The van der Waals surface area contributed by atoms with E-state index in [2.05, 4.69) is 5.10 Å². The van der Waals surface area contributed by atoms with Crippen molar-refractivity contribution in [2.75, 3.05) is 31.1 Å². The fraction of sp³-hybridized carbons (Fsp3) is 0.407. The maximum absolute atomic E-state index is 13.9.